The molecule has 4 rings (SSSR count). The summed E-state index contributed by atoms with van der Waals surface area (Å²) in [4.78, 5) is 26.1. The zero-order valence-electron chi connectivity index (χ0n) is 13.0. The highest BCUT2D eigenvalue weighted by Crippen LogP contribution is 2.32. The van der Waals surface area contributed by atoms with E-state index in [1.165, 1.54) is 6.42 Å². The van der Waals surface area contributed by atoms with Crippen LogP contribution < -0.4 is 4.90 Å². The van der Waals surface area contributed by atoms with Gasteiger partial charge in [0.1, 0.15) is 11.6 Å². The van der Waals surface area contributed by atoms with Crippen LogP contribution >= 0.6 is 0 Å². The van der Waals surface area contributed by atoms with Crippen molar-refractivity contribution in [1.82, 2.24) is 14.9 Å². The van der Waals surface area contributed by atoms with Gasteiger partial charge in [0.05, 0.1) is 31.3 Å². The zero-order valence-corrected chi connectivity index (χ0v) is 13.0. The Morgan fingerprint density at radius 3 is 2.77 bits per heavy atom. The second-order valence-corrected chi connectivity index (χ2v) is 6.47. The molecule has 0 spiro atoms. The van der Waals surface area contributed by atoms with Crippen molar-refractivity contribution >= 4 is 11.7 Å². The highest BCUT2D eigenvalue weighted by Gasteiger charge is 2.34. The minimum absolute atomic E-state index is 0.0181. The molecule has 2 saturated heterocycles. The number of hydrogen-bond donors (Lipinski definition) is 0. The maximum absolute atomic E-state index is 12.7. The molecule has 2 fully saturated rings. The summed E-state index contributed by atoms with van der Waals surface area (Å²) in [5, 5.41) is 0. The van der Waals surface area contributed by atoms with Gasteiger partial charge >= 0.3 is 0 Å². The van der Waals surface area contributed by atoms with Crippen LogP contribution in [0, 0.1) is 12.8 Å². The number of anilines is 1. The number of ether oxygens (including phenoxy) is 1. The fourth-order valence-electron chi connectivity index (χ4n) is 3.50. The Hall–Kier alpha value is -1.69. The zero-order chi connectivity index (χ0) is 15.1. The van der Waals surface area contributed by atoms with E-state index in [1.807, 2.05) is 11.8 Å². The number of carbonyl (C=O) groups is 1. The van der Waals surface area contributed by atoms with Crippen molar-refractivity contribution in [3.8, 4) is 0 Å². The molecule has 118 valence electrons. The molecule has 0 aliphatic carbocycles. The average molecular weight is 302 g/mol. The molecule has 4 heterocycles. The van der Waals surface area contributed by atoms with Crippen LogP contribution in [0.1, 0.15) is 36.3 Å². The Kier molecular flexibility index (Phi) is 3.48. The summed E-state index contributed by atoms with van der Waals surface area (Å²) in [6, 6.07) is 0. The summed E-state index contributed by atoms with van der Waals surface area (Å²) in [7, 11) is 0. The van der Waals surface area contributed by atoms with Gasteiger partial charge in [0, 0.05) is 25.3 Å². The topological polar surface area (TPSA) is 58.6 Å². The van der Waals surface area contributed by atoms with Gasteiger partial charge in [-0.2, -0.15) is 0 Å². The number of nitrogens with zero attached hydrogens (tertiary/aromatic N) is 4. The van der Waals surface area contributed by atoms with Crippen LogP contribution in [-0.4, -0.2) is 47.1 Å². The SMILES string of the molecule is Cc1nc2c(c(N3CCC3)n1)CN(C(=O)C1CCCOC1)C2. The molecule has 1 amide bonds. The summed E-state index contributed by atoms with van der Waals surface area (Å²) < 4.78 is 5.46. The van der Waals surface area contributed by atoms with Gasteiger partial charge in [0.25, 0.3) is 0 Å². The monoisotopic (exact) mass is 302 g/mol. The summed E-state index contributed by atoms with van der Waals surface area (Å²) >= 11 is 0. The van der Waals surface area contributed by atoms with Gasteiger partial charge in [-0.05, 0) is 26.2 Å². The van der Waals surface area contributed by atoms with Crippen molar-refractivity contribution in [3.05, 3.63) is 17.1 Å². The van der Waals surface area contributed by atoms with Gasteiger partial charge in [-0.25, -0.2) is 9.97 Å². The molecule has 6 nitrogen and oxygen atoms in total. The largest absolute Gasteiger partial charge is 0.381 e. The van der Waals surface area contributed by atoms with E-state index < -0.39 is 0 Å². The van der Waals surface area contributed by atoms with E-state index >= 15 is 0 Å². The number of fused-ring (bicyclic) bond motifs is 1. The molecule has 1 aromatic heterocycles. The highest BCUT2D eigenvalue weighted by atomic mass is 16.5. The van der Waals surface area contributed by atoms with Gasteiger partial charge in [-0.3, -0.25) is 4.79 Å². The molecule has 1 unspecified atom stereocenters. The van der Waals surface area contributed by atoms with Crippen LogP contribution in [0.15, 0.2) is 0 Å². The van der Waals surface area contributed by atoms with Crippen molar-refractivity contribution in [2.75, 3.05) is 31.2 Å². The number of carbonyl (C=O) groups excluding carboxylic acids is 1. The van der Waals surface area contributed by atoms with Gasteiger partial charge in [0.15, 0.2) is 0 Å². The first-order valence-corrected chi connectivity index (χ1v) is 8.20. The Morgan fingerprint density at radius 2 is 2.09 bits per heavy atom. The summed E-state index contributed by atoms with van der Waals surface area (Å²) in [6.45, 7) is 6.68. The molecule has 0 aromatic carbocycles. The smallest absolute Gasteiger partial charge is 0.228 e. The van der Waals surface area contributed by atoms with E-state index in [4.69, 9.17) is 4.74 Å². The predicted molar refractivity (Wildman–Crippen MR) is 81.4 cm³/mol. The van der Waals surface area contributed by atoms with Crippen molar-refractivity contribution in [1.29, 1.82) is 0 Å². The van der Waals surface area contributed by atoms with Gasteiger partial charge in [-0.15, -0.1) is 0 Å². The summed E-state index contributed by atoms with van der Waals surface area (Å²) in [6.07, 6.45) is 3.14. The Morgan fingerprint density at radius 1 is 1.23 bits per heavy atom. The maximum atomic E-state index is 12.7. The fourth-order valence-corrected chi connectivity index (χ4v) is 3.50. The molecular weight excluding hydrogens is 280 g/mol. The molecule has 0 radical (unpaired) electrons. The van der Waals surface area contributed by atoms with Crippen molar-refractivity contribution in [2.24, 2.45) is 5.92 Å². The van der Waals surface area contributed by atoms with Gasteiger partial charge in [-0.1, -0.05) is 0 Å². The normalized spacial score (nSPS) is 24.1. The lowest BCUT2D eigenvalue weighted by molar-refractivity contribution is -0.140. The van der Waals surface area contributed by atoms with Crippen LogP contribution in [0.25, 0.3) is 0 Å². The summed E-state index contributed by atoms with van der Waals surface area (Å²) in [5.74, 6) is 2.08. The molecular formula is C16H22N4O2. The third kappa shape index (κ3) is 2.35. The van der Waals surface area contributed by atoms with E-state index in [9.17, 15) is 4.79 Å². The lowest BCUT2D eigenvalue weighted by atomic mass is 10.0. The second-order valence-electron chi connectivity index (χ2n) is 6.47. The molecule has 1 aromatic rings. The van der Waals surface area contributed by atoms with Crippen LogP contribution in [0.2, 0.25) is 0 Å². The van der Waals surface area contributed by atoms with E-state index in [0.717, 1.165) is 55.4 Å². The maximum Gasteiger partial charge on any atom is 0.228 e. The molecule has 0 saturated carbocycles. The Balaban J connectivity index is 1.55. The number of amides is 1. The van der Waals surface area contributed by atoms with Gasteiger partial charge < -0.3 is 14.5 Å². The lowest BCUT2D eigenvalue weighted by Crippen LogP contribution is -2.39. The minimum atomic E-state index is 0.0181. The molecule has 22 heavy (non-hydrogen) atoms. The number of rotatable bonds is 2. The first-order chi connectivity index (χ1) is 10.7. The Bertz CT molecular complexity index is 594. The molecule has 6 heteroatoms. The third-order valence-corrected chi connectivity index (χ3v) is 4.85. The first kappa shape index (κ1) is 13.9. The average Bonchev–Trinajstić information content (AvgIpc) is 2.89. The molecule has 3 aliphatic rings. The van der Waals surface area contributed by atoms with E-state index in [1.54, 1.807) is 0 Å². The van der Waals surface area contributed by atoms with E-state index in [0.29, 0.717) is 19.7 Å². The number of hydrogen-bond acceptors (Lipinski definition) is 5. The molecule has 0 N–H and O–H groups in total. The van der Waals surface area contributed by atoms with Crippen LogP contribution in [0.3, 0.4) is 0 Å². The highest BCUT2D eigenvalue weighted by molar-refractivity contribution is 5.80. The first-order valence-electron chi connectivity index (χ1n) is 8.20. The summed E-state index contributed by atoms with van der Waals surface area (Å²) in [5.41, 5.74) is 2.18. The third-order valence-electron chi connectivity index (χ3n) is 4.85. The number of aromatic nitrogens is 2. The van der Waals surface area contributed by atoms with Crippen molar-refractivity contribution in [3.63, 3.8) is 0 Å². The van der Waals surface area contributed by atoms with Crippen LogP contribution in [-0.2, 0) is 22.6 Å². The molecule has 1 atom stereocenters. The van der Waals surface area contributed by atoms with Gasteiger partial charge in [0.2, 0.25) is 5.91 Å². The van der Waals surface area contributed by atoms with Crippen LogP contribution in [0.5, 0.6) is 0 Å². The minimum Gasteiger partial charge on any atom is -0.381 e. The van der Waals surface area contributed by atoms with E-state index in [2.05, 4.69) is 14.9 Å². The quantitative estimate of drug-likeness (QED) is 0.823. The van der Waals surface area contributed by atoms with Crippen molar-refractivity contribution < 1.29 is 9.53 Å². The lowest BCUT2D eigenvalue weighted by Gasteiger charge is -2.33. The standard InChI is InChI=1S/C16H22N4O2/c1-11-17-14-9-20(16(21)12-4-2-7-22-10-12)8-13(14)15(18-11)19-5-3-6-19/h12H,2-10H2,1H3. The molecule has 0 bridgehead atoms. The van der Waals surface area contributed by atoms with E-state index in [-0.39, 0.29) is 11.8 Å². The predicted octanol–water partition coefficient (Wildman–Crippen LogP) is 1.26. The van der Waals surface area contributed by atoms with Crippen LogP contribution in [0.4, 0.5) is 5.82 Å². The number of aryl methyl sites for hydroxylation is 1. The fraction of sp³-hybridized carbons (Fsp3) is 0.688. The molecule has 3 aliphatic heterocycles. The van der Waals surface area contributed by atoms with Crippen molar-refractivity contribution in [2.45, 2.75) is 39.3 Å². The Labute approximate surface area is 130 Å². The second kappa shape index (κ2) is 5.50.